The number of carbonyl (C=O) groups is 2. The van der Waals surface area contributed by atoms with Crippen molar-refractivity contribution in [2.24, 2.45) is 5.16 Å². The van der Waals surface area contributed by atoms with Crippen LogP contribution in [0.4, 0.5) is 0 Å². The fourth-order valence-electron chi connectivity index (χ4n) is 3.54. The van der Waals surface area contributed by atoms with Crippen molar-refractivity contribution >= 4 is 29.2 Å². The first-order valence-corrected chi connectivity index (χ1v) is 12.3. The molecule has 33 heavy (non-hydrogen) atoms. The largest absolute Gasteiger partial charge is 0.365 e. The molecular weight excluding hydrogens is 430 g/mol. The van der Waals surface area contributed by atoms with Crippen molar-refractivity contribution in [2.45, 2.75) is 62.0 Å². The summed E-state index contributed by atoms with van der Waals surface area (Å²) >= 11 is 1.78. The summed E-state index contributed by atoms with van der Waals surface area (Å²) in [7, 11) is 0. The van der Waals surface area contributed by atoms with Gasteiger partial charge < -0.3 is 4.84 Å². The van der Waals surface area contributed by atoms with Gasteiger partial charge in [0.1, 0.15) is 5.71 Å². The van der Waals surface area contributed by atoms with Gasteiger partial charge in [-0.15, -0.1) is 11.8 Å². The standard InChI is InChI=1S/C28H31NO3S/c1-3-4-5-10-15-25(29-32-27(31)23-13-8-6-9-14-23)26(30)22-16-18-24(19-17-22)33-28(2)20-11-7-12-21-28/h6-9,11-14,16-20H,3-5,10,15,21H2,1-2H3/b29-25-. The van der Waals surface area contributed by atoms with E-state index in [0.717, 1.165) is 37.0 Å². The van der Waals surface area contributed by atoms with Crippen molar-refractivity contribution in [3.05, 3.63) is 90.0 Å². The number of oxime groups is 1. The van der Waals surface area contributed by atoms with Crippen LogP contribution in [-0.4, -0.2) is 22.2 Å². The SMILES string of the molecule is CCCCCC/C(=N/OC(=O)c1ccccc1)C(=O)c1ccc(SC2(C)C=CC=CC2)cc1. The summed E-state index contributed by atoms with van der Waals surface area (Å²) in [4.78, 5) is 31.7. The Labute approximate surface area is 200 Å². The molecule has 0 fully saturated rings. The van der Waals surface area contributed by atoms with E-state index in [1.165, 1.54) is 0 Å². The average molecular weight is 462 g/mol. The number of ketones is 1. The van der Waals surface area contributed by atoms with E-state index in [1.54, 1.807) is 36.0 Å². The minimum absolute atomic E-state index is 0.0117. The molecule has 0 amide bonds. The summed E-state index contributed by atoms with van der Waals surface area (Å²) in [6, 6.07) is 16.3. The van der Waals surface area contributed by atoms with Crippen molar-refractivity contribution in [1.29, 1.82) is 0 Å². The average Bonchev–Trinajstić information content (AvgIpc) is 2.84. The van der Waals surface area contributed by atoms with E-state index in [0.29, 0.717) is 17.5 Å². The van der Waals surface area contributed by atoms with Crippen molar-refractivity contribution < 1.29 is 14.4 Å². The number of nitrogens with zero attached hydrogens (tertiary/aromatic N) is 1. The van der Waals surface area contributed by atoms with Crippen LogP contribution in [0.15, 0.2) is 89.0 Å². The first-order chi connectivity index (χ1) is 16.0. The Bertz CT molecular complexity index is 1020. The van der Waals surface area contributed by atoms with Crippen LogP contribution in [0.25, 0.3) is 0 Å². The Morgan fingerprint density at radius 3 is 2.39 bits per heavy atom. The number of thioether (sulfide) groups is 1. The van der Waals surface area contributed by atoms with Crippen LogP contribution in [0, 0.1) is 0 Å². The molecule has 0 N–H and O–H groups in total. The molecule has 3 rings (SSSR count). The van der Waals surface area contributed by atoms with Gasteiger partial charge in [-0.1, -0.05) is 73.8 Å². The second kappa shape index (κ2) is 12.4. The highest BCUT2D eigenvalue weighted by Gasteiger charge is 2.23. The van der Waals surface area contributed by atoms with Gasteiger partial charge in [-0.2, -0.15) is 0 Å². The molecule has 0 bridgehead atoms. The van der Waals surface area contributed by atoms with Crippen LogP contribution in [0.3, 0.4) is 0 Å². The topological polar surface area (TPSA) is 55.7 Å². The molecule has 1 aliphatic carbocycles. The Kier molecular flexibility index (Phi) is 9.25. The number of hydrogen-bond acceptors (Lipinski definition) is 5. The first kappa shape index (κ1) is 24.7. The van der Waals surface area contributed by atoms with Crippen molar-refractivity contribution in [3.63, 3.8) is 0 Å². The summed E-state index contributed by atoms with van der Waals surface area (Å²) < 4.78 is 0.0117. The molecule has 0 aliphatic heterocycles. The summed E-state index contributed by atoms with van der Waals surface area (Å²) in [5.74, 6) is -0.764. The summed E-state index contributed by atoms with van der Waals surface area (Å²) in [5, 5.41) is 4.00. The van der Waals surface area contributed by atoms with Crippen LogP contribution < -0.4 is 0 Å². The zero-order valence-corrected chi connectivity index (χ0v) is 20.1. The third kappa shape index (κ3) is 7.57. The van der Waals surface area contributed by atoms with Gasteiger partial charge in [0.05, 0.1) is 5.56 Å². The normalized spacial score (nSPS) is 17.7. The number of allylic oxidation sites excluding steroid dienone is 3. The Balaban J connectivity index is 1.70. The van der Waals surface area contributed by atoms with Gasteiger partial charge in [-0.3, -0.25) is 4.79 Å². The smallest absolute Gasteiger partial charge is 0.312 e. The van der Waals surface area contributed by atoms with E-state index in [2.05, 4.69) is 43.3 Å². The third-order valence-corrected chi connectivity index (χ3v) is 6.74. The molecule has 2 aromatic carbocycles. The van der Waals surface area contributed by atoms with Gasteiger partial charge in [-0.25, -0.2) is 4.79 Å². The van der Waals surface area contributed by atoms with Gasteiger partial charge in [-0.05, 0) is 62.6 Å². The highest BCUT2D eigenvalue weighted by atomic mass is 32.2. The molecule has 5 heteroatoms. The summed E-state index contributed by atoms with van der Waals surface area (Å²) in [6.45, 7) is 4.35. The molecule has 0 saturated heterocycles. The minimum atomic E-state index is -0.566. The van der Waals surface area contributed by atoms with Crippen LogP contribution in [0.1, 0.15) is 73.1 Å². The van der Waals surface area contributed by atoms with Crippen LogP contribution >= 0.6 is 11.8 Å². The minimum Gasteiger partial charge on any atom is -0.312 e. The first-order valence-electron chi connectivity index (χ1n) is 11.5. The van der Waals surface area contributed by atoms with Crippen LogP contribution in [0.5, 0.6) is 0 Å². The number of unbranched alkanes of at least 4 members (excludes halogenated alkanes) is 3. The second-order valence-corrected chi connectivity index (χ2v) is 9.96. The molecule has 172 valence electrons. The zero-order valence-electron chi connectivity index (χ0n) is 19.3. The molecule has 0 heterocycles. The van der Waals surface area contributed by atoms with E-state index >= 15 is 0 Å². The summed E-state index contributed by atoms with van der Waals surface area (Å²) in [5.41, 5.74) is 1.23. The number of hydrogen-bond donors (Lipinski definition) is 0. The van der Waals surface area contributed by atoms with Gasteiger partial charge in [0, 0.05) is 15.2 Å². The maximum atomic E-state index is 13.2. The van der Waals surface area contributed by atoms with Gasteiger partial charge in [0.25, 0.3) is 0 Å². The highest BCUT2D eigenvalue weighted by Crippen LogP contribution is 2.38. The fourth-order valence-corrected chi connectivity index (χ4v) is 4.67. The lowest BCUT2D eigenvalue weighted by Gasteiger charge is -2.25. The Morgan fingerprint density at radius 2 is 1.73 bits per heavy atom. The fraction of sp³-hybridized carbons (Fsp3) is 0.321. The van der Waals surface area contributed by atoms with Crippen molar-refractivity contribution in [1.82, 2.24) is 0 Å². The lowest BCUT2D eigenvalue weighted by atomic mass is 10.0. The molecule has 2 aromatic rings. The molecule has 0 saturated carbocycles. The van der Waals surface area contributed by atoms with E-state index in [-0.39, 0.29) is 16.2 Å². The maximum absolute atomic E-state index is 13.2. The zero-order chi connectivity index (χ0) is 23.5. The van der Waals surface area contributed by atoms with Gasteiger partial charge in [0.2, 0.25) is 5.78 Å². The predicted octanol–water partition coefficient (Wildman–Crippen LogP) is 7.42. The molecule has 4 nitrogen and oxygen atoms in total. The molecule has 1 atom stereocenters. The van der Waals surface area contributed by atoms with E-state index in [4.69, 9.17) is 4.84 Å². The Hall–Kier alpha value is -2.92. The lowest BCUT2D eigenvalue weighted by Crippen LogP contribution is -2.17. The van der Waals surface area contributed by atoms with Crippen molar-refractivity contribution in [3.8, 4) is 0 Å². The monoisotopic (exact) mass is 461 g/mol. The number of carbonyl (C=O) groups excluding carboxylic acids is 2. The van der Waals surface area contributed by atoms with Crippen LogP contribution in [0.2, 0.25) is 0 Å². The highest BCUT2D eigenvalue weighted by molar-refractivity contribution is 8.00. The lowest BCUT2D eigenvalue weighted by molar-refractivity contribution is 0.0514. The molecule has 0 spiro atoms. The molecule has 0 radical (unpaired) electrons. The maximum Gasteiger partial charge on any atom is 0.365 e. The molecule has 1 unspecified atom stereocenters. The van der Waals surface area contributed by atoms with Crippen LogP contribution in [-0.2, 0) is 4.84 Å². The second-order valence-electron chi connectivity index (χ2n) is 8.35. The summed E-state index contributed by atoms with van der Waals surface area (Å²) in [6.07, 6.45) is 14.0. The van der Waals surface area contributed by atoms with Gasteiger partial charge >= 0.3 is 5.97 Å². The van der Waals surface area contributed by atoms with E-state index in [9.17, 15) is 9.59 Å². The predicted molar refractivity (Wildman–Crippen MR) is 136 cm³/mol. The van der Waals surface area contributed by atoms with E-state index < -0.39 is 5.97 Å². The molecular formula is C28H31NO3S. The molecule has 0 aromatic heterocycles. The van der Waals surface area contributed by atoms with E-state index in [1.807, 2.05) is 30.3 Å². The number of rotatable bonds is 11. The third-order valence-electron chi connectivity index (χ3n) is 5.46. The number of benzene rings is 2. The number of Topliss-reactive ketones (excluding diaryl/α,β-unsaturated/α-hetero) is 1. The Morgan fingerprint density at radius 1 is 0.970 bits per heavy atom. The van der Waals surface area contributed by atoms with Crippen molar-refractivity contribution in [2.75, 3.05) is 0 Å². The quantitative estimate of drug-likeness (QED) is 0.115. The van der Waals surface area contributed by atoms with Gasteiger partial charge in [0.15, 0.2) is 0 Å². The molecule has 1 aliphatic rings.